The fourth-order valence-electron chi connectivity index (χ4n) is 3.25. The number of nitriles is 1. The van der Waals surface area contributed by atoms with Gasteiger partial charge in [-0.05, 0) is 18.1 Å². The molecule has 1 spiro atoms. The highest BCUT2D eigenvalue weighted by Crippen LogP contribution is 2.40. The zero-order valence-electron chi connectivity index (χ0n) is 12.2. The van der Waals surface area contributed by atoms with Crippen LogP contribution in [0.2, 0.25) is 0 Å². The molecule has 1 aromatic rings. The summed E-state index contributed by atoms with van der Waals surface area (Å²) in [5.74, 6) is -2.92. The van der Waals surface area contributed by atoms with Gasteiger partial charge in [-0.2, -0.15) is 5.26 Å². The molecule has 3 heterocycles. The van der Waals surface area contributed by atoms with Gasteiger partial charge in [-0.3, -0.25) is 9.59 Å². The van der Waals surface area contributed by atoms with Gasteiger partial charge in [0.25, 0.3) is 5.56 Å². The predicted octanol–water partition coefficient (Wildman–Crippen LogP) is 0.901. The minimum Gasteiger partial charge on any atom is -0.481 e. The average molecular weight is 304 g/mol. The van der Waals surface area contributed by atoms with Crippen molar-refractivity contribution >= 4 is 5.97 Å². The summed E-state index contributed by atoms with van der Waals surface area (Å²) in [4.78, 5) is 24.0. The van der Waals surface area contributed by atoms with Crippen LogP contribution in [0, 0.1) is 11.3 Å². The van der Waals surface area contributed by atoms with E-state index in [1.54, 1.807) is 13.0 Å². The van der Waals surface area contributed by atoms with Gasteiger partial charge in [0, 0.05) is 13.0 Å². The molecule has 1 N–H and O–H groups in total. The predicted molar refractivity (Wildman–Crippen MR) is 74.3 cm³/mol. The molecule has 0 radical (unpaired) electrons. The lowest BCUT2D eigenvalue weighted by Crippen LogP contribution is -2.30. The lowest BCUT2D eigenvalue weighted by Gasteiger charge is -2.23. The lowest BCUT2D eigenvalue weighted by molar-refractivity contribution is -0.163. The summed E-state index contributed by atoms with van der Waals surface area (Å²) in [5.41, 5.74) is 0.191. The molecule has 3 rings (SSSR count). The van der Waals surface area contributed by atoms with Gasteiger partial charge >= 0.3 is 5.97 Å². The molecule has 116 valence electrons. The number of pyridine rings is 1. The third kappa shape index (κ3) is 1.95. The van der Waals surface area contributed by atoms with Crippen molar-refractivity contribution in [3.8, 4) is 6.07 Å². The Morgan fingerprint density at radius 1 is 1.55 bits per heavy atom. The summed E-state index contributed by atoms with van der Waals surface area (Å²) in [5, 5.41) is 18.7. The maximum Gasteiger partial charge on any atom is 0.311 e. The van der Waals surface area contributed by atoms with Crippen molar-refractivity contribution in [2.75, 3.05) is 13.2 Å². The zero-order valence-corrected chi connectivity index (χ0v) is 12.2. The van der Waals surface area contributed by atoms with Crippen LogP contribution < -0.4 is 5.56 Å². The summed E-state index contributed by atoms with van der Waals surface area (Å²) in [6.45, 7) is 2.97. The fourth-order valence-corrected chi connectivity index (χ4v) is 3.25. The number of ether oxygens (including phenoxy) is 2. The molecule has 2 aliphatic heterocycles. The van der Waals surface area contributed by atoms with E-state index in [0.29, 0.717) is 38.3 Å². The van der Waals surface area contributed by atoms with Crippen LogP contribution in [-0.2, 0) is 26.6 Å². The number of aliphatic carboxylic acids is 1. The van der Waals surface area contributed by atoms with Gasteiger partial charge in [-0.1, -0.05) is 6.92 Å². The summed E-state index contributed by atoms with van der Waals surface area (Å²) < 4.78 is 12.8. The highest BCUT2D eigenvalue weighted by molar-refractivity contribution is 5.77. The summed E-state index contributed by atoms with van der Waals surface area (Å²) in [7, 11) is 0. The van der Waals surface area contributed by atoms with Gasteiger partial charge in [0.15, 0.2) is 0 Å². The molecule has 1 fully saturated rings. The molecule has 1 atom stereocenters. The Bertz CT molecular complexity index is 725. The summed E-state index contributed by atoms with van der Waals surface area (Å²) in [6, 6.07) is 3.46. The van der Waals surface area contributed by atoms with Crippen LogP contribution in [0.4, 0.5) is 0 Å². The van der Waals surface area contributed by atoms with Gasteiger partial charge in [0.1, 0.15) is 11.6 Å². The van der Waals surface area contributed by atoms with E-state index in [0.717, 1.165) is 0 Å². The molecular formula is C15H16N2O5. The number of aromatic nitrogens is 1. The number of hydrogen-bond acceptors (Lipinski definition) is 5. The van der Waals surface area contributed by atoms with Crippen molar-refractivity contribution in [3.05, 3.63) is 33.2 Å². The molecule has 0 saturated carbocycles. The van der Waals surface area contributed by atoms with E-state index in [1.807, 2.05) is 6.07 Å². The van der Waals surface area contributed by atoms with Gasteiger partial charge in [-0.15, -0.1) is 0 Å². The van der Waals surface area contributed by atoms with E-state index in [1.165, 1.54) is 4.57 Å². The van der Waals surface area contributed by atoms with E-state index in [9.17, 15) is 20.0 Å². The molecular weight excluding hydrogens is 288 g/mol. The smallest absolute Gasteiger partial charge is 0.311 e. The second-order valence-electron chi connectivity index (χ2n) is 5.43. The third-order valence-corrected chi connectivity index (χ3v) is 4.33. The van der Waals surface area contributed by atoms with Crippen LogP contribution >= 0.6 is 0 Å². The van der Waals surface area contributed by atoms with Crippen LogP contribution in [0.15, 0.2) is 10.9 Å². The Morgan fingerprint density at radius 3 is 2.77 bits per heavy atom. The number of rotatable bonds is 3. The molecule has 1 saturated heterocycles. The number of nitrogens with zero attached hydrogens (tertiary/aromatic N) is 2. The van der Waals surface area contributed by atoms with Crippen molar-refractivity contribution in [2.45, 2.75) is 38.0 Å². The molecule has 0 aliphatic carbocycles. The fraction of sp³-hybridized carbons (Fsp3) is 0.533. The normalized spacial score (nSPS) is 19.8. The molecule has 0 aromatic carbocycles. The maximum absolute atomic E-state index is 12.5. The average Bonchev–Trinajstić information content (AvgIpc) is 3.09. The largest absolute Gasteiger partial charge is 0.481 e. The zero-order chi connectivity index (χ0) is 15.9. The van der Waals surface area contributed by atoms with Crippen molar-refractivity contribution in [1.82, 2.24) is 4.57 Å². The van der Waals surface area contributed by atoms with E-state index in [2.05, 4.69) is 0 Å². The van der Waals surface area contributed by atoms with Crippen molar-refractivity contribution in [2.24, 2.45) is 0 Å². The van der Waals surface area contributed by atoms with Gasteiger partial charge in [0.05, 0.1) is 24.8 Å². The molecule has 7 nitrogen and oxygen atoms in total. The SMILES string of the molecule is CCC(C(=O)O)c1cc2n(c(=O)c1C#N)CCC21OCCO1. The van der Waals surface area contributed by atoms with E-state index in [-0.39, 0.29) is 11.1 Å². The van der Waals surface area contributed by atoms with Gasteiger partial charge in [-0.25, -0.2) is 0 Å². The second-order valence-corrected chi connectivity index (χ2v) is 5.43. The Hall–Kier alpha value is -2.17. The Labute approximate surface area is 126 Å². The van der Waals surface area contributed by atoms with Crippen LogP contribution in [-0.4, -0.2) is 28.9 Å². The van der Waals surface area contributed by atoms with E-state index < -0.39 is 23.2 Å². The highest BCUT2D eigenvalue weighted by Gasteiger charge is 2.46. The number of carboxylic acid groups (broad SMARTS) is 1. The first-order valence-corrected chi connectivity index (χ1v) is 7.23. The second kappa shape index (κ2) is 5.23. The van der Waals surface area contributed by atoms with Crippen molar-refractivity contribution in [3.63, 3.8) is 0 Å². The topological polar surface area (TPSA) is 102 Å². The first-order chi connectivity index (χ1) is 10.5. The monoisotopic (exact) mass is 304 g/mol. The first-order valence-electron chi connectivity index (χ1n) is 7.23. The Balaban J connectivity index is 2.24. The minimum absolute atomic E-state index is 0.104. The van der Waals surface area contributed by atoms with Crippen molar-refractivity contribution < 1.29 is 19.4 Å². The molecule has 0 bridgehead atoms. The van der Waals surface area contributed by atoms with Crippen LogP contribution in [0.1, 0.15) is 42.5 Å². The number of carbonyl (C=O) groups is 1. The number of carboxylic acids is 1. The lowest BCUT2D eigenvalue weighted by atomic mass is 9.92. The Kier molecular flexibility index (Phi) is 3.51. The van der Waals surface area contributed by atoms with Crippen LogP contribution in [0.25, 0.3) is 0 Å². The molecule has 1 unspecified atom stereocenters. The van der Waals surface area contributed by atoms with Crippen LogP contribution in [0.5, 0.6) is 0 Å². The quantitative estimate of drug-likeness (QED) is 0.890. The van der Waals surface area contributed by atoms with E-state index >= 15 is 0 Å². The maximum atomic E-state index is 12.5. The van der Waals surface area contributed by atoms with Crippen LogP contribution in [0.3, 0.4) is 0 Å². The Morgan fingerprint density at radius 2 is 2.23 bits per heavy atom. The minimum atomic E-state index is -1.05. The van der Waals surface area contributed by atoms with E-state index in [4.69, 9.17) is 9.47 Å². The first kappa shape index (κ1) is 14.8. The standard InChI is InChI=1S/C15H16N2O5/c1-2-9(14(19)20)10-7-12-15(21-5-6-22-15)3-4-17(12)13(18)11(10)8-16/h7,9H,2-6H2,1H3,(H,19,20). The number of hydrogen-bond donors (Lipinski definition) is 1. The highest BCUT2D eigenvalue weighted by atomic mass is 16.7. The summed E-state index contributed by atoms with van der Waals surface area (Å²) >= 11 is 0. The third-order valence-electron chi connectivity index (χ3n) is 4.33. The number of fused-ring (bicyclic) bond motifs is 2. The van der Waals surface area contributed by atoms with Crippen molar-refractivity contribution in [1.29, 1.82) is 5.26 Å². The van der Waals surface area contributed by atoms with Gasteiger partial charge in [0.2, 0.25) is 5.79 Å². The molecule has 1 aromatic heterocycles. The molecule has 0 amide bonds. The molecule has 2 aliphatic rings. The molecule has 22 heavy (non-hydrogen) atoms. The summed E-state index contributed by atoms with van der Waals surface area (Å²) in [6.07, 6.45) is 0.780. The van der Waals surface area contributed by atoms with Gasteiger partial charge < -0.3 is 19.1 Å². The molecule has 7 heteroatoms.